The monoisotopic (exact) mass is 346 g/mol. The zero-order valence-electron chi connectivity index (χ0n) is 14.9. The zero-order valence-corrected chi connectivity index (χ0v) is 14.9. The topological polar surface area (TPSA) is 50.2 Å². The van der Waals surface area contributed by atoms with Gasteiger partial charge in [-0.15, -0.1) is 0 Å². The second-order valence-corrected chi connectivity index (χ2v) is 6.60. The highest BCUT2D eigenvalue weighted by atomic mass is 16.2. The molecular formula is C21H22N4O. The van der Waals surface area contributed by atoms with Gasteiger partial charge in [-0.05, 0) is 28.8 Å². The molecule has 2 aromatic carbocycles. The van der Waals surface area contributed by atoms with Crippen LogP contribution in [-0.4, -0.2) is 46.8 Å². The molecule has 0 aliphatic carbocycles. The van der Waals surface area contributed by atoms with Crippen LogP contribution in [-0.2, 0) is 7.05 Å². The second kappa shape index (κ2) is 7.14. The summed E-state index contributed by atoms with van der Waals surface area (Å²) in [5, 5.41) is 7.49. The Balaban J connectivity index is 1.50. The van der Waals surface area contributed by atoms with Gasteiger partial charge in [-0.2, -0.15) is 5.10 Å². The summed E-state index contributed by atoms with van der Waals surface area (Å²) in [6, 6.07) is 16.3. The summed E-state index contributed by atoms with van der Waals surface area (Å²) in [5.41, 5.74) is 5.25. The molecule has 1 aliphatic heterocycles. The van der Waals surface area contributed by atoms with E-state index in [-0.39, 0.29) is 5.91 Å². The zero-order chi connectivity index (χ0) is 17.9. The second-order valence-electron chi connectivity index (χ2n) is 6.60. The van der Waals surface area contributed by atoms with Crippen LogP contribution < -0.4 is 5.32 Å². The predicted molar refractivity (Wildman–Crippen MR) is 103 cm³/mol. The molecule has 5 nitrogen and oxygen atoms in total. The van der Waals surface area contributed by atoms with E-state index in [1.54, 1.807) is 4.68 Å². The summed E-state index contributed by atoms with van der Waals surface area (Å²) in [6.45, 7) is 3.28. The maximum Gasteiger partial charge on any atom is 0.253 e. The molecule has 26 heavy (non-hydrogen) atoms. The van der Waals surface area contributed by atoms with Crippen LogP contribution in [0.4, 0.5) is 0 Å². The van der Waals surface area contributed by atoms with E-state index in [4.69, 9.17) is 0 Å². The van der Waals surface area contributed by atoms with Gasteiger partial charge in [0.15, 0.2) is 0 Å². The van der Waals surface area contributed by atoms with Crippen LogP contribution in [0.15, 0.2) is 60.9 Å². The van der Waals surface area contributed by atoms with Crippen LogP contribution in [0.5, 0.6) is 0 Å². The Hall–Kier alpha value is -2.92. The van der Waals surface area contributed by atoms with Gasteiger partial charge in [0.05, 0.1) is 6.20 Å². The van der Waals surface area contributed by atoms with Gasteiger partial charge < -0.3 is 10.2 Å². The summed E-state index contributed by atoms with van der Waals surface area (Å²) in [7, 11) is 1.92. The molecule has 1 aromatic heterocycles. The minimum atomic E-state index is 0.116. The molecule has 0 radical (unpaired) electrons. The van der Waals surface area contributed by atoms with Crippen molar-refractivity contribution < 1.29 is 4.79 Å². The van der Waals surface area contributed by atoms with Crippen molar-refractivity contribution >= 4 is 5.91 Å². The van der Waals surface area contributed by atoms with Gasteiger partial charge in [-0.1, -0.05) is 36.4 Å². The first kappa shape index (κ1) is 16.5. The van der Waals surface area contributed by atoms with E-state index in [1.165, 1.54) is 0 Å². The van der Waals surface area contributed by atoms with Crippen LogP contribution in [0.1, 0.15) is 10.4 Å². The first-order chi connectivity index (χ1) is 12.7. The molecule has 0 spiro atoms. The number of nitrogens with zero attached hydrogens (tertiary/aromatic N) is 3. The maximum absolute atomic E-state index is 12.5. The van der Waals surface area contributed by atoms with E-state index in [2.05, 4.69) is 34.7 Å². The van der Waals surface area contributed by atoms with Crippen molar-refractivity contribution in [1.29, 1.82) is 0 Å². The van der Waals surface area contributed by atoms with Crippen molar-refractivity contribution in [2.45, 2.75) is 0 Å². The Morgan fingerprint density at radius 3 is 1.96 bits per heavy atom. The van der Waals surface area contributed by atoms with Crippen molar-refractivity contribution in [3.05, 3.63) is 66.5 Å². The van der Waals surface area contributed by atoms with Gasteiger partial charge in [-0.3, -0.25) is 9.48 Å². The third-order valence-electron chi connectivity index (χ3n) is 4.79. The molecule has 5 heteroatoms. The Kier molecular flexibility index (Phi) is 4.54. The molecule has 1 saturated heterocycles. The number of carbonyl (C=O) groups is 1. The highest BCUT2D eigenvalue weighted by molar-refractivity contribution is 5.94. The Morgan fingerprint density at radius 1 is 0.885 bits per heavy atom. The van der Waals surface area contributed by atoms with E-state index < -0.39 is 0 Å². The molecule has 2 heterocycles. The normalized spacial score (nSPS) is 14.4. The number of nitrogens with one attached hydrogen (secondary N) is 1. The van der Waals surface area contributed by atoms with Gasteiger partial charge in [-0.25, -0.2) is 0 Å². The first-order valence-electron chi connectivity index (χ1n) is 8.90. The number of aryl methyl sites for hydroxylation is 1. The summed E-state index contributed by atoms with van der Waals surface area (Å²) in [6.07, 6.45) is 3.87. The molecule has 3 aromatic rings. The highest BCUT2D eigenvalue weighted by Crippen LogP contribution is 2.25. The Bertz CT molecular complexity index is 891. The summed E-state index contributed by atoms with van der Waals surface area (Å²) in [4.78, 5) is 14.5. The van der Waals surface area contributed by atoms with Crippen molar-refractivity contribution in [1.82, 2.24) is 20.0 Å². The third kappa shape index (κ3) is 3.39. The lowest BCUT2D eigenvalue weighted by atomic mass is 10.0. The average Bonchev–Trinajstić information content (AvgIpc) is 3.15. The molecule has 1 amide bonds. The van der Waals surface area contributed by atoms with Crippen LogP contribution >= 0.6 is 0 Å². The summed E-state index contributed by atoms with van der Waals surface area (Å²) in [5.74, 6) is 0.116. The van der Waals surface area contributed by atoms with Crippen LogP contribution in [0.3, 0.4) is 0 Å². The van der Waals surface area contributed by atoms with Crippen LogP contribution in [0.2, 0.25) is 0 Å². The third-order valence-corrected chi connectivity index (χ3v) is 4.79. The number of aromatic nitrogens is 2. The number of hydrogen-bond donors (Lipinski definition) is 1. The summed E-state index contributed by atoms with van der Waals surface area (Å²) >= 11 is 0. The minimum absolute atomic E-state index is 0.116. The first-order valence-corrected chi connectivity index (χ1v) is 8.90. The smallest absolute Gasteiger partial charge is 0.253 e. The van der Waals surface area contributed by atoms with Gasteiger partial charge in [0, 0.05) is 50.6 Å². The number of benzene rings is 2. The summed E-state index contributed by atoms with van der Waals surface area (Å²) < 4.78 is 1.80. The van der Waals surface area contributed by atoms with Gasteiger partial charge in [0.2, 0.25) is 0 Å². The van der Waals surface area contributed by atoms with Crippen molar-refractivity contribution in [3.63, 3.8) is 0 Å². The Labute approximate surface area is 153 Å². The van der Waals surface area contributed by atoms with E-state index in [0.29, 0.717) is 0 Å². The number of amides is 1. The number of piperazine rings is 1. The number of carbonyl (C=O) groups excluding carboxylic acids is 1. The van der Waals surface area contributed by atoms with Crippen LogP contribution in [0.25, 0.3) is 22.3 Å². The lowest BCUT2D eigenvalue weighted by Crippen LogP contribution is -2.46. The highest BCUT2D eigenvalue weighted by Gasteiger charge is 2.17. The predicted octanol–water partition coefficient (Wildman–Crippen LogP) is 2.80. The molecule has 0 saturated carbocycles. The maximum atomic E-state index is 12.5. The lowest BCUT2D eigenvalue weighted by molar-refractivity contribution is 0.0736. The molecule has 1 N–H and O–H groups in total. The Morgan fingerprint density at radius 2 is 1.42 bits per heavy atom. The molecule has 0 bridgehead atoms. The molecule has 1 fully saturated rings. The van der Waals surface area contributed by atoms with Crippen molar-refractivity contribution in [2.75, 3.05) is 26.2 Å². The molecule has 4 rings (SSSR count). The van der Waals surface area contributed by atoms with Gasteiger partial charge in [0.25, 0.3) is 5.91 Å². The number of rotatable bonds is 3. The van der Waals surface area contributed by atoms with E-state index in [0.717, 1.165) is 54.0 Å². The quantitative estimate of drug-likeness (QED) is 0.793. The SMILES string of the molecule is Cn1cc(-c2ccc(-c3ccc(C(=O)N4CCNCC4)cc3)cc2)cn1. The largest absolute Gasteiger partial charge is 0.336 e. The van der Waals surface area contributed by atoms with Crippen molar-refractivity contribution in [3.8, 4) is 22.3 Å². The molecular weight excluding hydrogens is 324 g/mol. The van der Waals surface area contributed by atoms with E-state index in [9.17, 15) is 4.79 Å². The molecule has 0 atom stereocenters. The average molecular weight is 346 g/mol. The fraction of sp³-hybridized carbons (Fsp3) is 0.238. The fourth-order valence-corrected chi connectivity index (χ4v) is 3.28. The molecule has 1 aliphatic rings. The van der Waals surface area contributed by atoms with Gasteiger partial charge in [0.1, 0.15) is 0 Å². The van der Waals surface area contributed by atoms with E-state index in [1.807, 2.05) is 48.6 Å². The standard InChI is InChI=1S/C21H22N4O/c1-24-15-20(14-23-24)18-4-2-16(3-5-18)17-6-8-19(9-7-17)21(26)25-12-10-22-11-13-25/h2-9,14-15,22H,10-13H2,1H3. The van der Waals surface area contributed by atoms with E-state index >= 15 is 0 Å². The van der Waals surface area contributed by atoms with Gasteiger partial charge >= 0.3 is 0 Å². The molecule has 0 unspecified atom stereocenters. The fourth-order valence-electron chi connectivity index (χ4n) is 3.28. The van der Waals surface area contributed by atoms with Crippen molar-refractivity contribution in [2.24, 2.45) is 7.05 Å². The number of hydrogen-bond acceptors (Lipinski definition) is 3. The lowest BCUT2D eigenvalue weighted by Gasteiger charge is -2.27. The van der Waals surface area contributed by atoms with Crippen LogP contribution in [0, 0.1) is 0 Å². The minimum Gasteiger partial charge on any atom is -0.336 e. The molecule has 132 valence electrons.